The van der Waals surface area contributed by atoms with Crippen molar-refractivity contribution in [1.82, 2.24) is 0 Å². The molecule has 3 heteroatoms. The van der Waals surface area contributed by atoms with Crippen LogP contribution >= 0.6 is 0 Å². The molecule has 0 saturated carbocycles. The first-order valence-electron chi connectivity index (χ1n) is 9.88. The number of benzene rings is 3. The molecule has 1 unspecified atom stereocenters. The van der Waals surface area contributed by atoms with E-state index in [1.54, 1.807) is 4.90 Å². The van der Waals surface area contributed by atoms with Crippen LogP contribution in [0.5, 0.6) is 0 Å². The van der Waals surface area contributed by atoms with Gasteiger partial charge in [-0.1, -0.05) is 78.9 Å². The second kappa shape index (κ2) is 7.10. The lowest BCUT2D eigenvalue weighted by Crippen LogP contribution is -2.44. The number of hydrogen-bond acceptors (Lipinski definition) is 2. The van der Waals surface area contributed by atoms with E-state index in [2.05, 4.69) is 24.3 Å². The van der Waals surface area contributed by atoms with Gasteiger partial charge in [-0.3, -0.25) is 9.69 Å². The third-order valence-electron chi connectivity index (χ3n) is 5.49. The first-order chi connectivity index (χ1) is 14.3. The Bertz CT molecular complexity index is 1050. The summed E-state index contributed by atoms with van der Waals surface area (Å²) < 4.78 is 6.59. The van der Waals surface area contributed by atoms with Gasteiger partial charge in [-0.15, -0.1) is 0 Å². The first kappa shape index (κ1) is 17.5. The Morgan fingerprint density at radius 3 is 1.93 bits per heavy atom. The fourth-order valence-electron chi connectivity index (χ4n) is 4.17. The van der Waals surface area contributed by atoms with Crippen LogP contribution in [-0.2, 0) is 9.53 Å². The Balaban J connectivity index is 1.61. The fourth-order valence-corrected chi connectivity index (χ4v) is 4.17. The molecule has 2 aliphatic heterocycles. The van der Waals surface area contributed by atoms with E-state index >= 15 is 0 Å². The lowest BCUT2D eigenvalue weighted by Gasteiger charge is -2.33. The Kier molecular flexibility index (Phi) is 4.28. The number of ether oxygens (including phenoxy) is 1. The van der Waals surface area contributed by atoms with Crippen LogP contribution in [0.25, 0.3) is 5.57 Å². The van der Waals surface area contributed by atoms with E-state index in [4.69, 9.17) is 4.74 Å². The van der Waals surface area contributed by atoms with Crippen molar-refractivity contribution in [3.8, 4) is 0 Å². The highest BCUT2D eigenvalue weighted by Gasteiger charge is 2.49. The largest absolute Gasteiger partial charge is 0.463 e. The lowest BCUT2D eigenvalue weighted by atomic mass is 9.97. The molecule has 1 atom stereocenters. The van der Waals surface area contributed by atoms with Crippen molar-refractivity contribution in [3.05, 3.63) is 120 Å². The molecule has 1 spiro atoms. The molecular formula is C26H21NO2. The molecule has 142 valence electrons. The van der Waals surface area contributed by atoms with Crippen LogP contribution in [-0.4, -0.2) is 11.6 Å². The molecule has 0 aliphatic carbocycles. The highest BCUT2D eigenvalue weighted by Crippen LogP contribution is 2.44. The zero-order valence-corrected chi connectivity index (χ0v) is 16.0. The van der Waals surface area contributed by atoms with Crippen LogP contribution in [0.1, 0.15) is 24.0 Å². The second-order valence-corrected chi connectivity index (χ2v) is 7.32. The summed E-state index contributed by atoms with van der Waals surface area (Å²) in [6.07, 6.45) is 5.16. The highest BCUT2D eigenvalue weighted by molar-refractivity contribution is 5.98. The van der Waals surface area contributed by atoms with E-state index in [9.17, 15) is 4.79 Å². The number of carbonyl (C=O) groups excluding carboxylic acids is 1. The quantitative estimate of drug-likeness (QED) is 0.597. The molecule has 29 heavy (non-hydrogen) atoms. The molecule has 0 aromatic heterocycles. The molecule has 3 aromatic carbocycles. The third-order valence-corrected chi connectivity index (χ3v) is 5.49. The summed E-state index contributed by atoms with van der Waals surface area (Å²) in [5.74, 6) is 0.876. The molecule has 1 amide bonds. The number of anilines is 1. The number of carbonyl (C=O) groups is 1. The molecule has 0 bridgehead atoms. The predicted molar refractivity (Wildman–Crippen MR) is 115 cm³/mol. The molecule has 0 radical (unpaired) electrons. The minimum absolute atomic E-state index is 0.0862. The zero-order valence-electron chi connectivity index (χ0n) is 16.0. The van der Waals surface area contributed by atoms with Gasteiger partial charge in [-0.05, 0) is 35.4 Å². The van der Waals surface area contributed by atoms with Gasteiger partial charge in [0.25, 0.3) is 0 Å². The van der Waals surface area contributed by atoms with Gasteiger partial charge in [0.05, 0.1) is 0 Å². The molecule has 2 heterocycles. The standard InChI is InChI=1S/C26H21NO2/c28-24-17-19-26(27(24)22-14-8-3-9-15-22)18-16-23(29-26)25(20-10-4-1-5-11-20)21-12-6-2-7-13-21/h1-16,18H,17,19H2. The van der Waals surface area contributed by atoms with Crippen molar-refractivity contribution in [2.45, 2.75) is 18.6 Å². The zero-order chi connectivity index (χ0) is 19.7. The van der Waals surface area contributed by atoms with E-state index in [-0.39, 0.29) is 5.91 Å². The van der Waals surface area contributed by atoms with Gasteiger partial charge < -0.3 is 4.74 Å². The monoisotopic (exact) mass is 379 g/mol. The Morgan fingerprint density at radius 1 is 0.793 bits per heavy atom. The minimum Gasteiger partial charge on any atom is -0.463 e. The number of amides is 1. The van der Waals surface area contributed by atoms with Crippen LogP contribution in [0.3, 0.4) is 0 Å². The average molecular weight is 379 g/mol. The summed E-state index contributed by atoms with van der Waals surface area (Å²) in [6.45, 7) is 0. The molecule has 5 rings (SSSR count). The molecule has 0 N–H and O–H groups in total. The molecule has 1 fully saturated rings. The van der Waals surface area contributed by atoms with Crippen LogP contribution in [0.2, 0.25) is 0 Å². The van der Waals surface area contributed by atoms with Crippen molar-refractivity contribution in [3.63, 3.8) is 0 Å². The normalized spacial score (nSPS) is 20.3. The molecule has 3 aromatic rings. The summed E-state index contributed by atoms with van der Waals surface area (Å²) in [7, 11) is 0. The van der Waals surface area contributed by atoms with Gasteiger partial charge in [0.2, 0.25) is 11.6 Å². The van der Waals surface area contributed by atoms with Crippen molar-refractivity contribution in [1.29, 1.82) is 0 Å². The van der Waals surface area contributed by atoms with Gasteiger partial charge in [-0.25, -0.2) is 0 Å². The van der Waals surface area contributed by atoms with Crippen molar-refractivity contribution >= 4 is 17.2 Å². The van der Waals surface area contributed by atoms with E-state index in [0.29, 0.717) is 12.8 Å². The van der Waals surface area contributed by atoms with Gasteiger partial charge in [0.15, 0.2) is 0 Å². The Morgan fingerprint density at radius 2 is 1.34 bits per heavy atom. The number of rotatable bonds is 3. The predicted octanol–water partition coefficient (Wildman–Crippen LogP) is 5.56. The van der Waals surface area contributed by atoms with Crippen LogP contribution in [0.4, 0.5) is 5.69 Å². The fraction of sp³-hybridized carbons (Fsp3) is 0.115. The average Bonchev–Trinajstić information content (AvgIpc) is 3.34. The molecule has 1 saturated heterocycles. The maximum atomic E-state index is 12.7. The summed E-state index contributed by atoms with van der Waals surface area (Å²) >= 11 is 0. The number of hydrogen-bond donors (Lipinski definition) is 0. The lowest BCUT2D eigenvalue weighted by molar-refractivity contribution is -0.118. The summed E-state index contributed by atoms with van der Waals surface area (Å²) in [6, 6.07) is 30.3. The van der Waals surface area contributed by atoms with E-state index < -0.39 is 5.72 Å². The van der Waals surface area contributed by atoms with Gasteiger partial charge >= 0.3 is 0 Å². The summed E-state index contributed by atoms with van der Waals surface area (Å²) in [4.78, 5) is 14.5. The number of para-hydroxylation sites is 1. The van der Waals surface area contributed by atoms with Crippen molar-refractivity contribution < 1.29 is 9.53 Å². The minimum atomic E-state index is -0.761. The SMILES string of the molecule is O=C1CCC2(C=CC(=C(c3ccccc3)c3ccccc3)O2)N1c1ccccc1. The van der Waals surface area contributed by atoms with E-state index in [1.807, 2.05) is 78.9 Å². The summed E-state index contributed by atoms with van der Waals surface area (Å²) in [5.41, 5.74) is 3.31. The van der Waals surface area contributed by atoms with Gasteiger partial charge in [0, 0.05) is 24.1 Å². The second-order valence-electron chi connectivity index (χ2n) is 7.32. The molecule has 2 aliphatic rings. The Hall–Kier alpha value is -3.59. The smallest absolute Gasteiger partial charge is 0.230 e. The topological polar surface area (TPSA) is 29.5 Å². The molecular weight excluding hydrogens is 358 g/mol. The number of nitrogens with zero attached hydrogens (tertiary/aromatic N) is 1. The van der Waals surface area contributed by atoms with Crippen LogP contribution in [0, 0.1) is 0 Å². The van der Waals surface area contributed by atoms with E-state index in [1.165, 1.54) is 0 Å². The van der Waals surface area contributed by atoms with Crippen LogP contribution in [0.15, 0.2) is 109 Å². The van der Waals surface area contributed by atoms with Gasteiger partial charge in [0.1, 0.15) is 5.76 Å². The maximum absolute atomic E-state index is 12.7. The molecule has 3 nitrogen and oxygen atoms in total. The van der Waals surface area contributed by atoms with Crippen molar-refractivity contribution in [2.75, 3.05) is 4.90 Å². The van der Waals surface area contributed by atoms with Gasteiger partial charge in [-0.2, -0.15) is 0 Å². The van der Waals surface area contributed by atoms with Crippen molar-refractivity contribution in [2.24, 2.45) is 0 Å². The summed E-state index contributed by atoms with van der Waals surface area (Å²) in [5, 5.41) is 0. The highest BCUT2D eigenvalue weighted by atomic mass is 16.5. The third kappa shape index (κ3) is 3.05. The van der Waals surface area contributed by atoms with E-state index in [0.717, 1.165) is 28.1 Å². The Labute approximate surface area is 170 Å². The van der Waals surface area contributed by atoms with Crippen LogP contribution < -0.4 is 4.90 Å². The first-order valence-corrected chi connectivity index (χ1v) is 9.88. The number of allylic oxidation sites excluding steroid dienone is 1. The maximum Gasteiger partial charge on any atom is 0.230 e.